The lowest BCUT2D eigenvalue weighted by molar-refractivity contribution is -0.140. The Labute approximate surface area is 142 Å². The summed E-state index contributed by atoms with van der Waals surface area (Å²) in [6, 6.07) is 17.0. The van der Waals surface area contributed by atoms with Crippen molar-refractivity contribution in [2.75, 3.05) is 0 Å². The predicted molar refractivity (Wildman–Crippen MR) is 90.4 cm³/mol. The number of aliphatic carboxylic acids is 2. The van der Waals surface area contributed by atoms with Crippen molar-refractivity contribution in [2.24, 2.45) is 5.92 Å². The zero-order chi connectivity index (χ0) is 16.8. The topological polar surface area (TPSA) is 74.6 Å². The van der Waals surface area contributed by atoms with Crippen LogP contribution in [0.25, 0.3) is 0 Å². The molecule has 0 aromatic heterocycles. The molecule has 0 heterocycles. The number of carboxylic acid groups (broad SMARTS) is 2. The maximum Gasteiger partial charge on any atom is 0.303 e. The van der Waals surface area contributed by atoms with Crippen molar-refractivity contribution in [1.29, 1.82) is 0 Å². The molecular weight excluding hydrogens is 360 g/mol. The molecule has 23 heavy (non-hydrogen) atoms. The smallest absolute Gasteiger partial charge is 0.303 e. The number of benzene rings is 2. The maximum atomic E-state index is 11.2. The van der Waals surface area contributed by atoms with Crippen LogP contribution in [0.2, 0.25) is 0 Å². The van der Waals surface area contributed by atoms with Crippen LogP contribution in [-0.4, -0.2) is 22.2 Å². The number of rotatable bonds is 7. The Hall–Kier alpha value is -2.14. The third-order valence-corrected chi connectivity index (χ3v) is 4.47. The van der Waals surface area contributed by atoms with Crippen molar-refractivity contribution in [3.63, 3.8) is 0 Å². The Morgan fingerprint density at radius 2 is 1.39 bits per heavy atom. The van der Waals surface area contributed by atoms with E-state index in [4.69, 9.17) is 0 Å². The van der Waals surface area contributed by atoms with Crippen molar-refractivity contribution in [2.45, 2.75) is 18.8 Å². The molecule has 0 aliphatic carbocycles. The molecule has 0 saturated heterocycles. The van der Waals surface area contributed by atoms with Crippen LogP contribution in [0.4, 0.5) is 0 Å². The fraction of sp³-hybridized carbons (Fsp3) is 0.222. The molecule has 0 aliphatic heterocycles. The Morgan fingerprint density at radius 3 is 1.91 bits per heavy atom. The monoisotopic (exact) mass is 376 g/mol. The predicted octanol–water partition coefficient (Wildman–Crippen LogP) is 4.15. The van der Waals surface area contributed by atoms with Gasteiger partial charge in [0.05, 0.1) is 0 Å². The second kappa shape index (κ2) is 7.92. The molecule has 0 saturated carbocycles. The Kier molecular flexibility index (Phi) is 5.93. The van der Waals surface area contributed by atoms with Crippen molar-refractivity contribution in [1.82, 2.24) is 0 Å². The third-order valence-electron chi connectivity index (χ3n) is 3.74. The van der Waals surface area contributed by atoms with Gasteiger partial charge in [0.1, 0.15) is 0 Å². The van der Waals surface area contributed by atoms with Crippen molar-refractivity contribution >= 4 is 27.9 Å². The number of halogens is 1. The highest BCUT2D eigenvalue weighted by Gasteiger charge is 2.30. The van der Waals surface area contributed by atoms with Crippen molar-refractivity contribution in [3.8, 4) is 0 Å². The number of carbonyl (C=O) groups is 2. The summed E-state index contributed by atoms with van der Waals surface area (Å²) in [7, 11) is 0. The van der Waals surface area contributed by atoms with E-state index in [2.05, 4.69) is 15.9 Å². The van der Waals surface area contributed by atoms with Crippen LogP contribution in [0.3, 0.4) is 0 Å². The molecular formula is C18H17BrO4. The second-order valence-corrected chi connectivity index (χ2v) is 6.22. The zero-order valence-electron chi connectivity index (χ0n) is 12.4. The standard InChI is InChI=1S/C18H17BrO4/c19-15-9-5-4-8-14(15)18(12-6-2-1-3-7-12)13(10-16(20)21)11-17(22)23/h1-9,13,18H,10-11H2,(H,20,21)(H,22,23)/t18-/m0/s1. The lowest BCUT2D eigenvalue weighted by Crippen LogP contribution is -2.21. The van der Waals surface area contributed by atoms with Crippen LogP contribution < -0.4 is 0 Å². The van der Waals surface area contributed by atoms with E-state index >= 15 is 0 Å². The van der Waals surface area contributed by atoms with E-state index in [1.807, 2.05) is 54.6 Å². The molecule has 120 valence electrons. The maximum absolute atomic E-state index is 11.2. The fourth-order valence-electron chi connectivity index (χ4n) is 2.85. The molecule has 0 amide bonds. The van der Waals surface area contributed by atoms with E-state index in [1.165, 1.54) is 0 Å². The quantitative estimate of drug-likeness (QED) is 0.760. The van der Waals surface area contributed by atoms with Gasteiger partial charge in [-0.2, -0.15) is 0 Å². The van der Waals surface area contributed by atoms with Crippen LogP contribution in [0.1, 0.15) is 29.9 Å². The normalized spacial score (nSPS) is 12.1. The lowest BCUT2D eigenvalue weighted by Gasteiger charge is -2.27. The molecule has 0 radical (unpaired) electrons. The van der Waals surface area contributed by atoms with E-state index in [0.717, 1.165) is 15.6 Å². The molecule has 2 N–H and O–H groups in total. The van der Waals surface area contributed by atoms with Crippen LogP contribution in [-0.2, 0) is 9.59 Å². The van der Waals surface area contributed by atoms with Crippen LogP contribution in [0.15, 0.2) is 59.1 Å². The van der Waals surface area contributed by atoms with Crippen LogP contribution in [0, 0.1) is 5.92 Å². The summed E-state index contributed by atoms with van der Waals surface area (Å²) in [4.78, 5) is 22.5. The van der Waals surface area contributed by atoms with Gasteiger partial charge in [0.2, 0.25) is 0 Å². The molecule has 0 bridgehead atoms. The minimum atomic E-state index is -0.996. The highest BCUT2D eigenvalue weighted by atomic mass is 79.9. The molecule has 2 aromatic rings. The van der Waals surface area contributed by atoms with Gasteiger partial charge in [0.15, 0.2) is 0 Å². The third kappa shape index (κ3) is 4.66. The van der Waals surface area contributed by atoms with E-state index in [9.17, 15) is 19.8 Å². The SMILES string of the molecule is O=C(O)CC(CC(=O)O)[C@H](c1ccccc1)c1ccccc1Br. The molecule has 0 aliphatic rings. The number of carboxylic acids is 2. The second-order valence-electron chi connectivity index (χ2n) is 5.37. The van der Waals surface area contributed by atoms with E-state index in [0.29, 0.717) is 0 Å². The van der Waals surface area contributed by atoms with Crippen LogP contribution >= 0.6 is 15.9 Å². The van der Waals surface area contributed by atoms with Gasteiger partial charge < -0.3 is 10.2 Å². The molecule has 2 aromatic carbocycles. The van der Waals surface area contributed by atoms with Gasteiger partial charge in [0.25, 0.3) is 0 Å². The van der Waals surface area contributed by atoms with Crippen molar-refractivity contribution in [3.05, 3.63) is 70.2 Å². The van der Waals surface area contributed by atoms with Gasteiger partial charge in [-0.15, -0.1) is 0 Å². The van der Waals surface area contributed by atoms with Crippen LogP contribution in [0.5, 0.6) is 0 Å². The van der Waals surface area contributed by atoms with Gasteiger partial charge in [0, 0.05) is 23.2 Å². The number of hydrogen-bond acceptors (Lipinski definition) is 2. The molecule has 1 atom stereocenters. The van der Waals surface area contributed by atoms with Gasteiger partial charge in [-0.1, -0.05) is 64.5 Å². The highest BCUT2D eigenvalue weighted by molar-refractivity contribution is 9.10. The summed E-state index contributed by atoms with van der Waals surface area (Å²) in [5, 5.41) is 18.4. The average molecular weight is 377 g/mol. The summed E-state index contributed by atoms with van der Waals surface area (Å²) in [5.41, 5.74) is 1.80. The minimum absolute atomic E-state index is 0.201. The van der Waals surface area contributed by atoms with Gasteiger partial charge in [-0.25, -0.2) is 0 Å². The molecule has 4 nitrogen and oxygen atoms in total. The number of hydrogen-bond donors (Lipinski definition) is 2. The van der Waals surface area contributed by atoms with Crippen molar-refractivity contribution < 1.29 is 19.8 Å². The first-order valence-electron chi connectivity index (χ1n) is 7.22. The first-order chi connectivity index (χ1) is 11.0. The Morgan fingerprint density at radius 1 is 0.870 bits per heavy atom. The first kappa shape index (κ1) is 17.2. The summed E-state index contributed by atoms with van der Waals surface area (Å²) in [6.45, 7) is 0. The average Bonchev–Trinajstić information content (AvgIpc) is 2.49. The molecule has 0 unspecified atom stereocenters. The van der Waals surface area contributed by atoms with E-state index in [1.54, 1.807) is 0 Å². The van der Waals surface area contributed by atoms with Gasteiger partial charge in [-0.05, 0) is 23.1 Å². The summed E-state index contributed by atoms with van der Waals surface area (Å²) in [5.74, 6) is -2.83. The minimum Gasteiger partial charge on any atom is -0.481 e. The molecule has 2 rings (SSSR count). The summed E-state index contributed by atoms with van der Waals surface area (Å²) >= 11 is 3.50. The molecule has 0 spiro atoms. The summed E-state index contributed by atoms with van der Waals surface area (Å²) < 4.78 is 0.842. The highest BCUT2D eigenvalue weighted by Crippen LogP contribution is 2.39. The Balaban J connectivity index is 2.53. The molecule has 0 fully saturated rings. The van der Waals surface area contributed by atoms with Gasteiger partial charge >= 0.3 is 11.9 Å². The lowest BCUT2D eigenvalue weighted by atomic mass is 9.77. The van der Waals surface area contributed by atoms with E-state index in [-0.39, 0.29) is 18.8 Å². The Bertz CT molecular complexity index is 668. The molecule has 5 heteroatoms. The largest absolute Gasteiger partial charge is 0.481 e. The fourth-order valence-corrected chi connectivity index (χ4v) is 3.38. The summed E-state index contributed by atoms with van der Waals surface area (Å²) in [6.07, 6.45) is -0.402. The first-order valence-corrected chi connectivity index (χ1v) is 8.01. The van der Waals surface area contributed by atoms with E-state index < -0.39 is 17.9 Å². The van der Waals surface area contributed by atoms with Gasteiger partial charge in [-0.3, -0.25) is 9.59 Å². The zero-order valence-corrected chi connectivity index (χ0v) is 13.9.